The van der Waals surface area contributed by atoms with E-state index in [1.165, 1.54) is 11.8 Å². The standard InChI is InChI=1S/C18H28N2O4S.ClH/c1-6-19(7-2)10-11-20-16(21)18(24-5)25-17(20)13-8-9-14(22-3)15(12-13)23-4;/h8-9,12,17-18H,6-7,10-11H2,1-5H3;1H. The molecule has 1 saturated heterocycles. The molecular weight excluding hydrogens is 376 g/mol. The molecule has 0 N–H and O–H groups in total. The highest BCUT2D eigenvalue weighted by atomic mass is 35.5. The van der Waals surface area contributed by atoms with Crippen LogP contribution in [0.4, 0.5) is 0 Å². The fourth-order valence-corrected chi connectivity index (χ4v) is 4.19. The molecule has 148 valence electrons. The molecule has 0 aliphatic carbocycles. The van der Waals surface area contributed by atoms with Gasteiger partial charge in [-0.3, -0.25) is 4.79 Å². The van der Waals surface area contributed by atoms with Gasteiger partial charge in [-0.05, 0) is 30.8 Å². The average Bonchev–Trinajstić information content (AvgIpc) is 2.97. The first-order valence-corrected chi connectivity index (χ1v) is 9.46. The van der Waals surface area contributed by atoms with Crippen LogP contribution in [0.1, 0.15) is 24.8 Å². The summed E-state index contributed by atoms with van der Waals surface area (Å²) in [4.78, 5) is 16.9. The highest BCUT2D eigenvalue weighted by Gasteiger charge is 2.41. The van der Waals surface area contributed by atoms with Gasteiger partial charge in [-0.25, -0.2) is 0 Å². The van der Waals surface area contributed by atoms with Gasteiger partial charge in [0.2, 0.25) is 0 Å². The Labute approximate surface area is 166 Å². The predicted molar refractivity (Wildman–Crippen MR) is 107 cm³/mol. The van der Waals surface area contributed by atoms with E-state index < -0.39 is 5.44 Å². The van der Waals surface area contributed by atoms with Gasteiger partial charge >= 0.3 is 0 Å². The number of rotatable bonds is 9. The van der Waals surface area contributed by atoms with Gasteiger partial charge in [-0.2, -0.15) is 0 Å². The minimum absolute atomic E-state index is 0. The number of likely N-dealkylation sites (N-methyl/N-ethyl adjacent to an activating group) is 1. The number of nitrogens with zero attached hydrogens (tertiary/aromatic N) is 2. The first-order valence-electron chi connectivity index (χ1n) is 8.52. The largest absolute Gasteiger partial charge is 0.493 e. The summed E-state index contributed by atoms with van der Waals surface area (Å²) in [6, 6.07) is 5.79. The van der Waals surface area contributed by atoms with Crippen LogP contribution in [0.5, 0.6) is 11.5 Å². The Morgan fingerprint density at radius 1 is 1.12 bits per heavy atom. The molecule has 0 aromatic heterocycles. The van der Waals surface area contributed by atoms with Crippen LogP contribution in [-0.4, -0.2) is 68.7 Å². The third-order valence-electron chi connectivity index (χ3n) is 4.48. The lowest BCUT2D eigenvalue weighted by Crippen LogP contribution is -2.38. The van der Waals surface area contributed by atoms with Crippen molar-refractivity contribution in [1.82, 2.24) is 9.80 Å². The van der Waals surface area contributed by atoms with Gasteiger partial charge < -0.3 is 24.0 Å². The second-order valence-electron chi connectivity index (χ2n) is 5.73. The number of ether oxygens (including phenoxy) is 3. The molecule has 6 nitrogen and oxygen atoms in total. The molecule has 0 bridgehead atoms. The van der Waals surface area contributed by atoms with Crippen molar-refractivity contribution in [3.05, 3.63) is 23.8 Å². The minimum Gasteiger partial charge on any atom is -0.493 e. The molecule has 26 heavy (non-hydrogen) atoms. The van der Waals surface area contributed by atoms with Gasteiger partial charge in [0, 0.05) is 20.2 Å². The van der Waals surface area contributed by atoms with Crippen molar-refractivity contribution in [1.29, 1.82) is 0 Å². The highest BCUT2D eigenvalue weighted by molar-refractivity contribution is 8.01. The van der Waals surface area contributed by atoms with Gasteiger partial charge in [0.1, 0.15) is 5.37 Å². The van der Waals surface area contributed by atoms with E-state index in [0.29, 0.717) is 18.0 Å². The van der Waals surface area contributed by atoms with Crippen LogP contribution in [0.3, 0.4) is 0 Å². The number of halogens is 1. The summed E-state index contributed by atoms with van der Waals surface area (Å²) >= 11 is 1.52. The van der Waals surface area contributed by atoms with E-state index in [0.717, 1.165) is 25.2 Å². The molecule has 1 heterocycles. The minimum atomic E-state index is -0.463. The van der Waals surface area contributed by atoms with Gasteiger partial charge in [0.25, 0.3) is 5.91 Å². The second-order valence-corrected chi connectivity index (χ2v) is 6.88. The van der Waals surface area contributed by atoms with Crippen LogP contribution in [-0.2, 0) is 9.53 Å². The Bertz CT molecular complexity index is 586. The summed E-state index contributed by atoms with van der Waals surface area (Å²) in [5.41, 5.74) is 0.546. The molecule has 1 aromatic carbocycles. The quantitative estimate of drug-likeness (QED) is 0.630. The normalized spacial score (nSPS) is 19.6. The summed E-state index contributed by atoms with van der Waals surface area (Å²) in [6.07, 6.45) is 0. The Morgan fingerprint density at radius 2 is 1.77 bits per heavy atom. The monoisotopic (exact) mass is 404 g/mol. The summed E-state index contributed by atoms with van der Waals surface area (Å²) < 4.78 is 16.1. The molecule has 1 aliphatic heterocycles. The zero-order valence-electron chi connectivity index (χ0n) is 16.1. The first kappa shape index (κ1) is 22.9. The second kappa shape index (κ2) is 10.9. The van der Waals surface area contributed by atoms with Crippen LogP contribution in [0.15, 0.2) is 18.2 Å². The van der Waals surface area contributed by atoms with Gasteiger partial charge in [0.15, 0.2) is 16.9 Å². The van der Waals surface area contributed by atoms with E-state index >= 15 is 0 Å². The molecule has 8 heteroatoms. The topological polar surface area (TPSA) is 51.2 Å². The van der Waals surface area contributed by atoms with Gasteiger partial charge in [-0.1, -0.05) is 31.7 Å². The smallest absolute Gasteiger partial charge is 0.263 e. The maximum Gasteiger partial charge on any atom is 0.263 e. The first-order chi connectivity index (χ1) is 12.1. The lowest BCUT2D eigenvalue weighted by molar-refractivity contribution is -0.136. The van der Waals surface area contributed by atoms with Crippen molar-refractivity contribution in [2.45, 2.75) is 24.7 Å². The molecule has 0 radical (unpaired) electrons. The summed E-state index contributed by atoms with van der Waals surface area (Å²) in [5.74, 6) is 1.37. The third-order valence-corrected chi connectivity index (χ3v) is 5.90. The van der Waals surface area contributed by atoms with Crippen molar-refractivity contribution in [3.63, 3.8) is 0 Å². The van der Waals surface area contributed by atoms with Crippen molar-refractivity contribution in [2.75, 3.05) is 47.5 Å². The van der Waals surface area contributed by atoms with Crippen LogP contribution >= 0.6 is 24.2 Å². The van der Waals surface area contributed by atoms with E-state index in [1.54, 1.807) is 21.3 Å². The number of benzene rings is 1. The number of hydrogen-bond acceptors (Lipinski definition) is 6. The number of carbonyl (C=O) groups is 1. The lowest BCUT2D eigenvalue weighted by Gasteiger charge is -2.27. The van der Waals surface area contributed by atoms with Crippen LogP contribution in [0.2, 0.25) is 0 Å². The summed E-state index contributed by atoms with van der Waals surface area (Å²) in [6.45, 7) is 7.73. The van der Waals surface area contributed by atoms with Crippen molar-refractivity contribution < 1.29 is 19.0 Å². The Hall–Kier alpha value is -1.15. The fourth-order valence-electron chi connectivity index (χ4n) is 2.94. The molecule has 0 spiro atoms. The SMILES string of the molecule is CCN(CC)CCN1C(=O)C(OC)SC1c1ccc(OC)c(OC)c1.Cl. The molecule has 2 rings (SSSR count). The third kappa shape index (κ3) is 4.97. The van der Waals surface area contributed by atoms with Crippen molar-refractivity contribution in [3.8, 4) is 11.5 Å². The van der Waals surface area contributed by atoms with Crippen molar-refractivity contribution >= 4 is 30.1 Å². The Kier molecular flexibility index (Phi) is 9.57. The maximum atomic E-state index is 12.7. The Balaban J connectivity index is 0.00000338. The zero-order valence-corrected chi connectivity index (χ0v) is 17.7. The number of hydrogen-bond donors (Lipinski definition) is 0. The number of thioether (sulfide) groups is 1. The van der Waals surface area contributed by atoms with Gasteiger partial charge in [-0.15, -0.1) is 12.4 Å². The molecular formula is C18H29ClN2O4S. The maximum absolute atomic E-state index is 12.7. The van der Waals surface area contributed by atoms with Crippen LogP contribution in [0.25, 0.3) is 0 Å². The highest BCUT2D eigenvalue weighted by Crippen LogP contribution is 2.45. The summed E-state index contributed by atoms with van der Waals surface area (Å²) in [5, 5.41) is -0.0900. The fraction of sp³-hybridized carbons (Fsp3) is 0.611. The number of amides is 1. The lowest BCUT2D eigenvalue weighted by atomic mass is 10.1. The summed E-state index contributed by atoms with van der Waals surface area (Å²) in [7, 11) is 4.81. The van der Waals surface area contributed by atoms with E-state index in [-0.39, 0.29) is 23.7 Å². The molecule has 1 aliphatic rings. The average molecular weight is 405 g/mol. The number of carbonyl (C=O) groups excluding carboxylic acids is 1. The predicted octanol–water partition coefficient (Wildman–Crippen LogP) is 3.01. The molecule has 2 atom stereocenters. The van der Waals surface area contributed by atoms with E-state index in [9.17, 15) is 4.79 Å². The zero-order chi connectivity index (χ0) is 18.4. The van der Waals surface area contributed by atoms with Crippen LogP contribution < -0.4 is 9.47 Å². The van der Waals surface area contributed by atoms with Crippen LogP contribution in [0, 0.1) is 0 Å². The van der Waals surface area contributed by atoms with Gasteiger partial charge in [0.05, 0.1) is 14.2 Å². The molecule has 0 saturated carbocycles. The van der Waals surface area contributed by atoms with E-state index in [4.69, 9.17) is 14.2 Å². The van der Waals surface area contributed by atoms with E-state index in [2.05, 4.69) is 18.7 Å². The molecule has 1 amide bonds. The van der Waals surface area contributed by atoms with Crippen molar-refractivity contribution in [2.24, 2.45) is 0 Å². The van der Waals surface area contributed by atoms with E-state index in [1.807, 2.05) is 23.1 Å². The number of methoxy groups -OCH3 is 3. The molecule has 1 aromatic rings. The molecule has 2 unspecified atom stereocenters. The molecule has 1 fully saturated rings. The Morgan fingerprint density at radius 3 is 2.31 bits per heavy atom.